The molecule has 0 aliphatic carbocycles. The number of aromatic nitrogens is 2. The molecule has 0 unspecified atom stereocenters. The van der Waals surface area contributed by atoms with Gasteiger partial charge in [-0.05, 0) is 43.5 Å². The lowest BCUT2D eigenvalue weighted by molar-refractivity contribution is 0.0438. The molecule has 6 heteroatoms. The lowest BCUT2D eigenvalue weighted by Crippen LogP contribution is -2.05. The van der Waals surface area contributed by atoms with Crippen molar-refractivity contribution < 1.29 is 18.4 Å². The van der Waals surface area contributed by atoms with Crippen LogP contribution in [0.3, 0.4) is 0 Å². The second-order valence-electron chi connectivity index (χ2n) is 6.18. The molecule has 25 heavy (non-hydrogen) atoms. The van der Waals surface area contributed by atoms with E-state index in [4.69, 9.17) is 13.6 Å². The standard InChI is InChI=1S/C19H20N2O4/c1-11(2)14-5-7-15(8-6-14)19(22)23-10-17-20-21-18(25-17)16-9-12(3)24-13(16)4/h5-9,11H,10H2,1-4H3. The van der Waals surface area contributed by atoms with Gasteiger partial charge in [-0.1, -0.05) is 26.0 Å². The Labute approximate surface area is 145 Å². The number of benzene rings is 1. The van der Waals surface area contributed by atoms with E-state index < -0.39 is 5.97 Å². The van der Waals surface area contributed by atoms with Crippen LogP contribution in [0.1, 0.15) is 53.1 Å². The van der Waals surface area contributed by atoms with Crippen LogP contribution in [0, 0.1) is 13.8 Å². The van der Waals surface area contributed by atoms with Crippen molar-refractivity contribution >= 4 is 5.97 Å². The minimum absolute atomic E-state index is 0.0757. The van der Waals surface area contributed by atoms with Gasteiger partial charge in [-0.25, -0.2) is 4.79 Å². The lowest BCUT2D eigenvalue weighted by atomic mass is 10.0. The molecule has 0 N–H and O–H groups in total. The average molecular weight is 340 g/mol. The van der Waals surface area contributed by atoms with Gasteiger partial charge < -0.3 is 13.6 Å². The third kappa shape index (κ3) is 3.79. The van der Waals surface area contributed by atoms with Gasteiger partial charge in [0.2, 0.25) is 0 Å². The van der Waals surface area contributed by atoms with Gasteiger partial charge in [0.05, 0.1) is 11.1 Å². The molecule has 130 valence electrons. The van der Waals surface area contributed by atoms with Crippen molar-refractivity contribution in [2.75, 3.05) is 0 Å². The molecule has 0 aliphatic heterocycles. The van der Waals surface area contributed by atoms with Gasteiger partial charge in [-0.3, -0.25) is 0 Å². The van der Waals surface area contributed by atoms with Crippen LogP contribution in [0.5, 0.6) is 0 Å². The van der Waals surface area contributed by atoms with Crippen molar-refractivity contribution in [3.63, 3.8) is 0 Å². The number of carbonyl (C=O) groups excluding carboxylic acids is 1. The topological polar surface area (TPSA) is 78.4 Å². The summed E-state index contributed by atoms with van der Waals surface area (Å²) in [6, 6.07) is 9.20. The molecule has 0 saturated carbocycles. The maximum Gasteiger partial charge on any atom is 0.338 e. The molecule has 1 aromatic carbocycles. The van der Waals surface area contributed by atoms with E-state index in [1.807, 2.05) is 32.0 Å². The normalized spacial score (nSPS) is 11.1. The monoisotopic (exact) mass is 340 g/mol. The molecular weight excluding hydrogens is 320 g/mol. The SMILES string of the molecule is Cc1cc(-c2nnc(COC(=O)c3ccc(C(C)C)cc3)o2)c(C)o1. The summed E-state index contributed by atoms with van der Waals surface area (Å²) in [5, 5.41) is 7.88. The molecule has 0 bridgehead atoms. The number of carbonyl (C=O) groups is 1. The van der Waals surface area contributed by atoms with Crippen molar-refractivity contribution in [1.82, 2.24) is 10.2 Å². The minimum atomic E-state index is -0.426. The Morgan fingerprint density at radius 2 is 1.84 bits per heavy atom. The van der Waals surface area contributed by atoms with E-state index in [0.29, 0.717) is 23.1 Å². The van der Waals surface area contributed by atoms with Gasteiger partial charge in [0.1, 0.15) is 11.5 Å². The second-order valence-corrected chi connectivity index (χ2v) is 6.18. The van der Waals surface area contributed by atoms with Crippen LogP contribution < -0.4 is 0 Å². The molecule has 2 aromatic heterocycles. The number of rotatable bonds is 5. The first-order chi connectivity index (χ1) is 11.9. The highest BCUT2D eigenvalue weighted by molar-refractivity contribution is 5.89. The molecule has 0 saturated heterocycles. The van der Waals surface area contributed by atoms with Gasteiger partial charge in [0.25, 0.3) is 11.8 Å². The van der Waals surface area contributed by atoms with E-state index in [-0.39, 0.29) is 12.5 Å². The summed E-state index contributed by atoms with van der Waals surface area (Å²) in [4.78, 5) is 12.1. The Morgan fingerprint density at radius 3 is 2.44 bits per heavy atom. The van der Waals surface area contributed by atoms with E-state index in [0.717, 1.165) is 11.3 Å². The Bertz CT molecular complexity index is 875. The lowest BCUT2D eigenvalue weighted by Gasteiger charge is -2.06. The van der Waals surface area contributed by atoms with Crippen molar-refractivity contribution in [2.24, 2.45) is 0 Å². The fourth-order valence-electron chi connectivity index (χ4n) is 2.48. The molecule has 0 atom stereocenters. The maximum atomic E-state index is 12.1. The molecule has 2 heterocycles. The van der Waals surface area contributed by atoms with Crippen molar-refractivity contribution in [3.05, 3.63) is 58.9 Å². The van der Waals surface area contributed by atoms with E-state index in [1.54, 1.807) is 12.1 Å². The predicted octanol–water partition coefficient (Wildman–Crippen LogP) is 4.43. The maximum absolute atomic E-state index is 12.1. The van der Waals surface area contributed by atoms with E-state index in [2.05, 4.69) is 24.0 Å². The number of ether oxygens (including phenoxy) is 1. The summed E-state index contributed by atoms with van der Waals surface area (Å²) in [5.41, 5.74) is 2.40. The largest absolute Gasteiger partial charge is 0.466 e. The van der Waals surface area contributed by atoms with Gasteiger partial charge in [0.15, 0.2) is 6.61 Å². The molecule has 0 radical (unpaired) electrons. The molecule has 3 aromatic rings. The molecule has 3 rings (SSSR count). The van der Waals surface area contributed by atoms with Crippen LogP contribution in [-0.4, -0.2) is 16.2 Å². The van der Waals surface area contributed by atoms with E-state index in [1.165, 1.54) is 5.56 Å². The zero-order valence-corrected chi connectivity index (χ0v) is 14.7. The predicted molar refractivity (Wildman–Crippen MR) is 91.1 cm³/mol. The molecule has 0 amide bonds. The molecular formula is C19H20N2O4. The second kappa shape index (κ2) is 6.93. The average Bonchev–Trinajstić information content (AvgIpc) is 3.18. The van der Waals surface area contributed by atoms with E-state index >= 15 is 0 Å². The highest BCUT2D eigenvalue weighted by Crippen LogP contribution is 2.25. The number of furan rings is 1. The first-order valence-electron chi connectivity index (χ1n) is 8.11. The van der Waals surface area contributed by atoms with Crippen LogP contribution in [0.15, 0.2) is 39.2 Å². The molecule has 0 spiro atoms. The first-order valence-corrected chi connectivity index (χ1v) is 8.11. The zero-order valence-electron chi connectivity index (χ0n) is 14.7. The van der Waals surface area contributed by atoms with Crippen molar-refractivity contribution in [1.29, 1.82) is 0 Å². The fourth-order valence-corrected chi connectivity index (χ4v) is 2.48. The summed E-state index contributed by atoms with van der Waals surface area (Å²) in [5.74, 6) is 2.04. The number of esters is 1. The van der Waals surface area contributed by atoms with Crippen LogP contribution in [-0.2, 0) is 11.3 Å². The Morgan fingerprint density at radius 1 is 1.12 bits per heavy atom. The van der Waals surface area contributed by atoms with Gasteiger partial charge in [-0.2, -0.15) is 0 Å². The molecule has 0 fully saturated rings. The summed E-state index contributed by atoms with van der Waals surface area (Å²) >= 11 is 0. The van der Waals surface area contributed by atoms with Crippen LogP contribution >= 0.6 is 0 Å². The van der Waals surface area contributed by atoms with Gasteiger partial charge >= 0.3 is 5.97 Å². The van der Waals surface area contributed by atoms with Gasteiger partial charge in [0, 0.05) is 0 Å². The Kier molecular flexibility index (Phi) is 4.70. The highest BCUT2D eigenvalue weighted by Gasteiger charge is 2.16. The van der Waals surface area contributed by atoms with Crippen LogP contribution in [0.25, 0.3) is 11.5 Å². The summed E-state index contributed by atoms with van der Waals surface area (Å²) in [7, 11) is 0. The third-order valence-corrected chi connectivity index (χ3v) is 3.88. The Balaban J connectivity index is 1.64. The highest BCUT2D eigenvalue weighted by atomic mass is 16.5. The van der Waals surface area contributed by atoms with Crippen molar-refractivity contribution in [3.8, 4) is 11.5 Å². The van der Waals surface area contributed by atoms with E-state index in [9.17, 15) is 4.79 Å². The third-order valence-electron chi connectivity index (χ3n) is 3.88. The first kappa shape index (κ1) is 17.0. The minimum Gasteiger partial charge on any atom is -0.466 e. The number of hydrogen-bond donors (Lipinski definition) is 0. The van der Waals surface area contributed by atoms with Gasteiger partial charge in [-0.15, -0.1) is 10.2 Å². The fraction of sp³-hybridized carbons (Fsp3) is 0.316. The quantitative estimate of drug-likeness (QED) is 0.639. The Hall–Kier alpha value is -2.89. The smallest absolute Gasteiger partial charge is 0.338 e. The number of nitrogens with zero attached hydrogens (tertiary/aromatic N) is 2. The summed E-state index contributed by atoms with van der Waals surface area (Å²) in [6.07, 6.45) is 0. The van der Waals surface area contributed by atoms with Crippen LogP contribution in [0.4, 0.5) is 0 Å². The van der Waals surface area contributed by atoms with Crippen LogP contribution in [0.2, 0.25) is 0 Å². The number of aryl methyl sites for hydroxylation is 2. The molecule has 6 nitrogen and oxygen atoms in total. The summed E-state index contributed by atoms with van der Waals surface area (Å²) in [6.45, 7) is 7.80. The number of hydrogen-bond acceptors (Lipinski definition) is 6. The van der Waals surface area contributed by atoms with Crippen molar-refractivity contribution in [2.45, 2.75) is 40.2 Å². The molecule has 0 aliphatic rings. The zero-order chi connectivity index (χ0) is 18.0. The summed E-state index contributed by atoms with van der Waals surface area (Å²) < 4.78 is 16.2.